The van der Waals surface area contributed by atoms with Gasteiger partial charge in [0.05, 0.1) is 13.2 Å². The van der Waals surface area contributed by atoms with Crippen molar-refractivity contribution in [3.05, 3.63) is 54.1 Å². The molecule has 1 aliphatic heterocycles. The van der Waals surface area contributed by atoms with Crippen LogP contribution in [-0.2, 0) is 14.3 Å². The van der Waals surface area contributed by atoms with Crippen LogP contribution in [0.5, 0.6) is 0 Å². The van der Waals surface area contributed by atoms with Gasteiger partial charge >= 0.3 is 0 Å². The van der Waals surface area contributed by atoms with Crippen LogP contribution in [0.15, 0.2) is 48.5 Å². The Balaban J connectivity index is 1.57. The number of carbonyl (C=O) groups excluding carboxylic acids is 2. The molecule has 7 nitrogen and oxygen atoms in total. The van der Waals surface area contributed by atoms with E-state index < -0.39 is 0 Å². The number of ether oxygens (including phenoxy) is 2. The van der Waals surface area contributed by atoms with Gasteiger partial charge in [0.25, 0.3) is 5.91 Å². The molecule has 7 heteroatoms. The van der Waals surface area contributed by atoms with Crippen LogP contribution in [-0.4, -0.2) is 51.8 Å². The maximum absolute atomic E-state index is 12.4. The van der Waals surface area contributed by atoms with E-state index in [0.29, 0.717) is 16.9 Å². The molecule has 1 aliphatic rings. The van der Waals surface area contributed by atoms with Crippen molar-refractivity contribution in [3.63, 3.8) is 0 Å². The minimum atomic E-state index is -0.227. The van der Waals surface area contributed by atoms with Crippen LogP contribution >= 0.6 is 0 Å². The van der Waals surface area contributed by atoms with Gasteiger partial charge in [-0.25, -0.2) is 0 Å². The third kappa shape index (κ3) is 5.29. The van der Waals surface area contributed by atoms with Gasteiger partial charge in [0.2, 0.25) is 5.91 Å². The normalized spacial score (nSPS) is 13.9. The molecule has 2 amide bonds. The molecule has 2 aromatic rings. The molecule has 1 fully saturated rings. The summed E-state index contributed by atoms with van der Waals surface area (Å²) in [5.41, 5.74) is 2.97. The first-order chi connectivity index (χ1) is 13.2. The Bertz CT molecular complexity index is 769. The third-order valence-electron chi connectivity index (χ3n) is 4.21. The van der Waals surface area contributed by atoms with Crippen LogP contribution < -0.4 is 15.5 Å². The van der Waals surface area contributed by atoms with Crippen LogP contribution in [0.25, 0.3) is 0 Å². The topological polar surface area (TPSA) is 79.9 Å². The lowest BCUT2D eigenvalue weighted by molar-refractivity contribution is -0.119. The number of methoxy groups -OCH3 is 1. The molecule has 0 bridgehead atoms. The van der Waals surface area contributed by atoms with Crippen molar-refractivity contribution < 1.29 is 19.1 Å². The first kappa shape index (κ1) is 18.9. The van der Waals surface area contributed by atoms with Gasteiger partial charge in [0, 0.05) is 42.8 Å². The Morgan fingerprint density at radius 1 is 0.963 bits per heavy atom. The predicted octanol–water partition coefficient (Wildman–Crippen LogP) is 2.36. The van der Waals surface area contributed by atoms with Crippen molar-refractivity contribution in [1.82, 2.24) is 0 Å². The van der Waals surface area contributed by atoms with E-state index in [2.05, 4.69) is 15.5 Å². The van der Waals surface area contributed by atoms with Crippen molar-refractivity contribution in [1.29, 1.82) is 0 Å². The van der Waals surface area contributed by atoms with E-state index in [1.54, 1.807) is 24.3 Å². The second kappa shape index (κ2) is 9.16. The molecular formula is C20H23N3O4. The molecule has 0 radical (unpaired) electrons. The fourth-order valence-electron chi connectivity index (χ4n) is 2.81. The van der Waals surface area contributed by atoms with E-state index in [0.717, 1.165) is 32.0 Å². The summed E-state index contributed by atoms with van der Waals surface area (Å²) in [6, 6.07) is 14.5. The Morgan fingerprint density at radius 2 is 1.56 bits per heavy atom. The number of carbonyl (C=O) groups is 2. The first-order valence-electron chi connectivity index (χ1n) is 8.78. The summed E-state index contributed by atoms with van der Waals surface area (Å²) < 4.78 is 10.1. The molecule has 3 rings (SSSR count). The molecule has 1 heterocycles. The average molecular weight is 369 g/mol. The predicted molar refractivity (Wildman–Crippen MR) is 104 cm³/mol. The number of hydrogen-bond acceptors (Lipinski definition) is 5. The summed E-state index contributed by atoms with van der Waals surface area (Å²) >= 11 is 0. The van der Waals surface area contributed by atoms with Gasteiger partial charge in [-0.05, 0) is 48.5 Å². The lowest BCUT2D eigenvalue weighted by Crippen LogP contribution is -2.36. The molecule has 0 spiro atoms. The highest BCUT2D eigenvalue weighted by atomic mass is 16.5. The zero-order valence-electron chi connectivity index (χ0n) is 15.2. The van der Waals surface area contributed by atoms with Crippen molar-refractivity contribution in [2.45, 2.75) is 0 Å². The molecule has 0 aliphatic carbocycles. The van der Waals surface area contributed by atoms with Gasteiger partial charge < -0.3 is 25.0 Å². The third-order valence-corrected chi connectivity index (χ3v) is 4.21. The zero-order valence-corrected chi connectivity index (χ0v) is 15.2. The summed E-state index contributed by atoms with van der Waals surface area (Å²) in [6.45, 7) is 3.17. The second-order valence-corrected chi connectivity index (χ2v) is 6.16. The summed E-state index contributed by atoms with van der Waals surface area (Å²) in [5.74, 6) is -0.408. The average Bonchev–Trinajstić information content (AvgIpc) is 2.70. The van der Waals surface area contributed by atoms with Crippen molar-refractivity contribution in [3.8, 4) is 0 Å². The highest BCUT2D eigenvalue weighted by Gasteiger charge is 2.12. The van der Waals surface area contributed by atoms with Gasteiger partial charge in [-0.1, -0.05) is 0 Å². The molecule has 0 atom stereocenters. The van der Waals surface area contributed by atoms with Gasteiger partial charge in [-0.2, -0.15) is 0 Å². The highest BCUT2D eigenvalue weighted by Crippen LogP contribution is 2.18. The fraction of sp³-hybridized carbons (Fsp3) is 0.300. The smallest absolute Gasteiger partial charge is 0.255 e. The van der Waals surface area contributed by atoms with E-state index in [1.165, 1.54) is 7.11 Å². The van der Waals surface area contributed by atoms with Crippen LogP contribution in [0.4, 0.5) is 17.1 Å². The number of rotatable bonds is 6. The van der Waals surface area contributed by atoms with Crippen molar-refractivity contribution in [2.75, 3.05) is 55.6 Å². The lowest BCUT2D eigenvalue weighted by Gasteiger charge is -2.28. The fourth-order valence-corrected chi connectivity index (χ4v) is 2.81. The number of anilines is 3. The quantitative estimate of drug-likeness (QED) is 0.817. The first-order valence-corrected chi connectivity index (χ1v) is 8.78. The van der Waals surface area contributed by atoms with E-state index in [1.807, 2.05) is 24.3 Å². The Kier molecular flexibility index (Phi) is 6.40. The highest BCUT2D eigenvalue weighted by molar-refractivity contribution is 6.04. The Morgan fingerprint density at radius 3 is 2.15 bits per heavy atom. The van der Waals surface area contributed by atoms with E-state index >= 15 is 0 Å². The molecule has 2 aromatic carbocycles. The summed E-state index contributed by atoms with van der Waals surface area (Å²) in [6.07, 6.45) is 0. The van der Waals surface area contributed by atoms with E-state index in [4.69, 9.17) is 9.47 Å². The molecule has 1 saturated heterocycles. The second-order valence-electron chi connectivity index (χ2n) is 6.16. The minimum Gasteiger partial charge on any atom is -0.378 e. The Labute approximate surface area is 158 Å². The zero-order chi connectivity index (χ0) is 19.1. The van der Waals surface area contributed by atoms with Crippen LogP contribution in [0.1, 0.15) is 10.4 Å². The number of morpholine rings is 1. The van der Waals surface area contributed by atoms with Gasteiger partial charge in [0.1, 0.15) is 6.61 Å². The number of nitrogens with zero attached hydrogens (tertiary/aromatic N) is 1. The van der Waals surface area contributed by atoms with Crippen LogP contribution in [0.2, 0.25) is 0 Å². The molecule has 0 unspecified atom stereocenters. The number of hydrogen-bond donors (Lipinski definition) is 2. The molecule has 0 saturated carbocycles. The molecule has 2 N–H and O–H groups in total. The minimum absolute atomic E-state index is 0.00106. The maximum atomic E-state index is 12.4. The lowest BCUT2D eigenvalue weighted by atomic mass is 10.1. The van der Waals surface area contributed by atoms with Crippen LogP contribution in [0, 0.1) is 0 Å². The molecule has 0 aromatic heterocycles. The summed E-state index contributed by atoms with van der Waals surface area (Å²) in [7, 11) is 1.46. The Hall–Kier alpha value is -2.90. The number of benzene rings is 2. The van der Waals surface area contributed by atoms with Gasteiger partial charge in [-0.15, -0.1) is 0 Å². The monoisotopic (exact) mass is 369 g/mol. The number of nitrogens with one attached hydrogen (secondary N) is 2. The van der Waals surface area contributed by atoms with E-state index in [9.17, 15) is 9.59 Å². The number of amides is 2. The summed E-state index contributed by atoms with van der Waals surface area (Å²) in [4.78, 5) is 26.1. The molecule has 142 valence electrons. The van der Waals surface area contributed by atoms with Gasteiger partial charge in [-0.3, -0.25) is 9.59 Å². The maximum Gasteiger partial charge on any atom is 0.255 e. The van der Waals surface area contributed by atoms with Crippen LogP contribution in [0.3, 0.4) is 0 Å². The largest absolute Gasteiger partial charge is 0.378 e. The summed E-state index contributed by atoms with van der Waals surface area (Å²) in [5, 5.41) is 5.56. The SMILES string of the molecule is COCC(=O)Nc1ccc(NC(=O)c2ccc(N3CCOCC3)cc2)cc1. The van der Waals surface area contributed by atoms with Crippen molar-refractivity contribution in [2.24, 2.45) is 0 Å². The molecular weight excluding hydrogens is 346 g/mol. The van der Waals surface area contributed by atoms with Crippen molar-refractivity contribution >= 4 is 28.9 Å². The molecule has 27 heavy (non-hydrogen) atoms. The van der Waals surface area contributed by atoms with E-state index in [-0.39, 0.29) is 18.4 Å². The standard InChI is InChI=1S/C20H23N3O4/c1-26-14-19(24)21-16-4-6-17(7-5-16)22-20(25)15-2-8-18(9-3-15)23-10-12-27-13-11-23/h2-9H,10-14H2,1H3,(H,21,24)(H,22,25). The van der Waals surface area contributed by atoms with Gasteiger partial charge in [0.15, 0.2) is 0 Å².